The van der Waals surface area contributed by atoms with Crippen molar-refractivity contribution in [3.05, 3.63) is 69.7 Å². The zero-order chi connectivity index (χ0) is 21.4. The van der Waals surface area contributed by atoms with Crippen LogP contribution in [0.1, 0.15) is 48.4 Å². The monoisotopic (exact) mass is 416 g/mol. The number of hydrogen-bond acceptors (Lipinski definition) is 5. The number of nitrogens with one attached hydrogen (secondary N) is 2. The van der Waals surface area contributed by atoms with Crippen LogP contribution in [0.15, 0.2) is 51.7 Å². The van der Waals surface area contributed by atoms with Gasteiger partial charge in [0.2, 0.25) is 5.91 Å². The Balaban J connectivity index is 1.42. The summed E-state index contributed by atoms with van der Waals surface area (Å²) in [6.07, 6.45) is 3.87. The summed E-state index contributed by atoms with van der Waals surface area (Å²) in [5.41, 5.74) is 2.94. The van der Waals surface area contributed by atoms with Crippen molar-refractivity contribution in [1.82, 2.24) is 15.2 Å². The lowest BCUT2D eigenvalue weighted by atomic mass is 9.93. The number of fused-ring (bicyclic) bond motifs is 1. The number of rotatable bonds is 6. The highest BCUT2D eigenvalue weighted by atomic mass is 16.4. The second-order valence-electron chi connectivity index (χ2n) is 8.58. The number of benzene rings is 2. The van der Waals surface area contributed by atoms with Crippen LogP contribution in [0.2, 0.25) is 0 Å². The van der Waals surface area contributed by atoms with Crippen LogP contribution in [0, 0.1) is 11.3 Å². The summed E-state index contributed by atoms with van der Waals surface area (Å²) in [5.74, 6) is -0.506. The van der Waals surface area contributed by atoms with Gasteiger partial charge in [0.05, 0.1) is 28.6 Å². The number of nitrogens with zero attached hydrogens (tertiary/aromatic N) is 2. The van der Waals surface area contributed by atoms with E-state index in [0.29, 0.717) is 16.7 Å². The number of nitriles is 1. The Hall–Kier alpha value is -3.37. The molecule has 158 valence electrons. The summed E-state index contributed by atoms with van der Waals surface area (Å²) >= 11 is 0. The maximum atomic E-state index is 13.5. The van der Waals surface area contributed by atoms with Crippen LogP contribution in [0.4, 0.5) is 0 Å². The van der Waals surface area contributed by atoms with Gasteiger partial charge in [-0.05, 0) is 74.2 Å². The molecule has 7 heteroatoms. The van der Waals surface area contributed by atoms with E-state index in [1.807, 2.05) is 30.3 Å². The van der Waals surface area contributed by atoms with Gasteiger partial charge < -0.3 is 14.6 Å². The third-order valence-corrected chi connectivity index (χ3v) is 6.52. The lowest BCUT2D eigenvalue weighted by Gasteiger charge is -2.27. The first-order chi connectivity index (χ1) is 15.1. The second-order valence-corrected chi connectivity index (χ2v) is 8.58. The molecule has 5 rings (SSSR count). The van der Waals surface area contributed by atoms with E-state index in [1.54, 1.807) is 12.1 Å². The second kappa shape index (κ2) is 7.71. The smallest absolute Gasteiger partial charge is 0.408 e. The summed E-state index contributed by atoms with van der Waals surface area (Å²) < 4.78 is 5.09. The van der Waals surface area contributed by atoms with Gasteiger partial charge in [0.1, 0.15) is 0 Å². The van der Waals surface area contributed by atoms with Crippen molar-refractivity contribution < 1.29 is 9.21 Å². The van der Waals surface area contributed by atoms with Gasteiger partial charge in [-0.15, -0.1) is 0 Å². The molecule has 3 aromatic rings. The topological polar surface area (TPSA) is 102 Å². The van der Waals surface area contributed by atoms with Crippen LogP contribution in [-0.2, 0) is 10.2 Å². The fourth-order valence-electron chi connectivity index (χ4n) is 4.60. The van der Waals surface area contributed by atoms with E-state index in [9.17, 15) is 14.9 Å². The zero-order valence-corrected chi connectivity index (χ0v) is 17.2. The number of likely N-dealkylation sites (tertiary alicyclic amines) is 1. The fraction of sp³-hybridized carbons (Fsp3) is 0.375. The standard InChI is InChI=1S/C24H24N4O3/c25-14-16-4-3-5-17(12-16)20(15-28-10-1-2-11-28)26-22(29)24(8-9-24)18-6-7-21-19(13-18)27-23(30)31-21/h3-7,12-13,20H,1-2,8-11,15H2,(H,26,29)(H,27,30). The number of hydrogen-bond donors (Lipinski definition) is 2. The lowest BCUT2D eigenvalue weighted by Crippen LogP contribution is -2.41. The van der Waals surface area contributed by atoms with Gasteiger partial charge in [-0.3, -0.25) is 9.78 Å². The number of amides is 1. The summed E-state index contributed by atoms with van der Waals surface area (Å²) in [7, 11) is 0. The third-order valence-electron chi connectivity index (χ3n) is 6.52. The Morgan fingerprint density at radius 3 is 2.77 bits per heavy atom. The van der Waals surface area contributed by atoms with Crippen molar-refractivity contribution >= 4 is 17.0 Å². The lowest BCUT2D eigenvalue weighted by molar-refractivity contribution is -0.124. The van der Waals surface area contributed by atoms with Gasteiger partial charge in [0, 0.05) is 6.54 Å². The highest BCUT2D eigenvalue weighted by molar-refractivity contribution is 5.92. The summed E-state index contributed by atoms with van der Waals surface area (Å²) in [6.45, 7) is 2.78. The molecule has 0 radical (unpaired) electrons. The van der Waals surface area contributed by atoms with Gasteiger partial charge in [-0.1, -0.05) is 18.2 Å². The van der Waals surface area contributed by atoms with Crippen molar-refractivity contribution in [3.63, 3.8) is 0 Å². The SMILES string of the molecule is N#Cc1cccc(C(CN2CCCC2)NC(=O)C2(c3ccc4oc(=O)[nH]c4c3)CC2)c1. The van der Waals surface area contributed by atoms with E-state index in [2.05, 4.69) is 21.3 Å². The van der Waals surface area contributed by atoms with Gasteiger partial charge in [0.15, 0.2) is 5.58 Å². The van der Waals surface area contributed by atoms with Crippen molar-refractivity contribution in [2.24, 2.45) is 0 Å². The molecular weight excluding hydrogens is 392 g/mol. The molecule has 1 aliphatic carbocycles. The summed E-state index contributed by atoms with van der Waals surface area (Å²) in [4.78, 5) is 30.0. The number of carbonyl (C=O) groups is 1. The molecule has 1 atom stereocenters. The Bertz CT molecular complexity index is 1230. The number of H-pyrrole nitrogens is 1. The van der Waals surface area contributed by atoms with Crippen molar-refractivity contribution in [2.45, 2.75) is 37.1 Å². The van der Waals surface area contributed by atoms with Crippen LogP contribution in [-0.4, -0.2) is 35.4 Å². The quantitative estimate of drug-likeness (QED) is 0.643. The van der Waals surface area contributed by atoms with Crippen LogP contribution >= 0.6 is 0 Å². The van der Waals surface area contributed by atoms with Gasteiger partial charge in [-0.25, -0.2) is 4.79 Å². The molecular formula is C24H24N4O3. The first-order valence-corrected chi connectivity index (χ1v) is 10.7. The Morgan fingerprint density at radius 2 is 2.03 bits per heavy atom. The highest BCUT2D eigenvalue weighted by Gasteiger charge is 2.52. The average molecular weight is 416 g/mol. The Labute approximate surface area is 179 Å². The minimum absolute atomic E-state index is 0.00995. The minimum Gasteiger partial charge on any atom is -0.408 e. The highest BCUT2D eigenvalue weighted by Crippen LogP contribution is 2.49. The first kappa shape index (κ1) is 19.6. The Kier molecular flexibility index (Phi) is 4.87. The van der Waals surface area contributed by atoms with E-state index >= 15 is 0 Å². The van der Waals surface area contributed by atoms with E-state index in [1.165, 1.54) is 12.8 Å². The zero-order valence-electron chi connectivity index (χ0n) is 17.2. The third kappa shape index (κ3) is 3.75. The Morgan fingerprint density at radius 1 is 1.23 bits per heavy atom. The van der Waals surface area contributed by atoms with E-state index in [0.717, 1.165) is 43.6 Å². The van der Waals surface area contributed by atoms with Crippen LogP contribution in [0.5, 0.6) is 0 Å². The molecule has 2 aromatic carbocycles. The molecule has 0 bridgehead atoms. The largest absolute Gasteiger partial charge is 0.417 e. The number of aromatic amines is 1. The van der Waals surface area contributed by atoms with Crippen molar-refractivity contribution in [3.8, 4) is 6.07 Å². The van der Waals surface area contributed by atoms with Gasteiger partial charge >= 0.3 is 5.76 Å². The van der Waals surface area contributed by atoms with Crippen LogP contribution < -0.4 is 11.1 Å². The number of oxazole rings is 1. The molecule has 1 saturated heterocycles. The van der Waals surface area contributed by atoms with Gasteiger partial charge in [-0.2, -0.15) is 5.26 Å². The predicted octanol–water partition coefficient (Wildman–Crippen LogP) is 2.98. The normalized spacial score (nSPS) is 18.5. The summed E-state index contributed by atoms with van der Waals surface area (Å²) in [5, 5.41) is 12.6. The van der Waals surface area contributed by atoms with Crippen molar-refractivity contribution in [1.29, 1.82) is 5.26 Å². The predicted molar refractivity (Wildman–Crippen MR) is 115 cm³/mol. The van der Waals surface area contributed by atoms with E-state index in [4.69, 9.17) is 4.42 Å². The van der Waals surface area contributed by atoms with Gasteiger partial charge in [0.25, 0.3) is 0 Å². The minimum atomic E-state index is -0.585. The van der Waals surface area contributed by atoms with E-state index < -0.39 is 11.2 Å². The number of carbonyl (C=O) groups excluding carboxylic acids is 1. The molecule has 1 saturated carbocycles. The molecule has 2 fully saturated rings. The van der Waals surface area contributed by atoms with Crippen molar-refractivity contribution in [2.75, 3.05) is 19.6 Å². The molecule has 1 amide bonds. The molecule has 0 spiro atoms. The fourth-order valence-corrected chi connectivity index (χ4v) is 4.60. The molecule has 2 heterocycles. The molecule has 1 aromatic heterocycles. The van der Waals surface area contributed by atoms with E-state index in [-0.39, 0.29) is 11.9 Å². The average Bonchev–Trinajstić information content (AvgIpc) is 3.27. The maximum Gasteiger partial charge on any atom is 0.417 e. The molecule has 31 heavy (non-hydrogen) atoms. The van der Waals surface area contributed by atoms with Crippen LogP contribution in [0.3, 0.4) is 0 Å². The molecule has 7 nitrogen and oxygen atoms in total. The molecule has 1 unspecified atom stereocenters. The first-order valence-electron chi connectivity index (χ1n) is 10.7. The number of aromatic nitrogens is 1. The van der Waals surface area contributed by atoms with Crippen LogP contribution in [0.25, 0.3) is 11.1 Å². The molecule has 1 aliphatic heterocycles. The molecule has 2 aliphatic rings. The molecule has 2 N–H and O–H groups in total. The summed E-state index contributed by atoms with van der Waals surface area (Å²) in [6, 6.07) is 15.0. The maximum absolute atomic E-state index is 13.5.